The zero-order valence-corrected chi connectivity index (χ0v) is 14.4. The maximum Gasteiger partial charge on any atom is 0.243 e. The molecule has 2 aliphatic rings. The molecule has 1 heterocycles. The van der Waals surface area contributed by atoms with Crippen LogP contribution in [-0.4, -0.2) is 41.9 Å². The fraction of sp³-hybridized carbons (Fsp3) is 0.875. The second-order valence-corrected chi connectivity index (χ2v) is 6.36. The fourth-order valence-electron chi connectivity index (χ4n) is 3.73. The predicted octanol–water partition coefficient (Wildman–Crippen LogP) is 1.83. The van der Waals surface area contributed by atoms with Crippen LogP contribution in [0.2, 0.25) is 0 Å². The van der Waals surface area contributed by atoms with Crippen molar-refractivity contribution in [2.45, 2.75) is 70.4 Å². The number of nitrogens with one attached hydrogen (secondary N) is 1. The lowest BCUT2D eigenvalue weighted by atomic mass is 9.83. The lowest BCUT2D eigenvalue weighted by molar-refractivity contribution is -0.138. The predicted molar refractivity (Wildman–Crippen MR) is 89.8 cm³/mol. The smallest absolute Gasteiger partial charge is 0.243 e. The largest absolute Gasteiger partial charge is 0.350 e. The van der Waals surface area contributed by atoms with Crippen LogP contribution in [0.25, 0.3) is 0 Å². The van der Waals surface area contributed by atoms with E-state index in [0.717, 1.165) is 19.3 Å². The van der Waals surface area contributed by atoms with Crippen molar-refractivity contribution in [1.29, 1.82) is 0 Å². The first-order valence-corrected chi connectivity index (χ1v) is 8.47. The first kappa shape index (κ1) is 19.2. The average molecular weight is 332 g/mol. The lowest BCUT2D eigenvalue weighted by Gasteiger charge is -2.33. The molecule has 2 amide bonds. The minimum Gasteiger partial charge on any atom is -0.350 e. The summed E-state index contributed by atoms with van der Waals surface area (Å²) >= 11 is 0. The summed E-state index contributed by atoms with van der Waals surface area (Å²) in [6.07, 6.45) is 8.18. The van der Waals surface area contributed by atoms with E-state index in [1.54, 1.807) is 4.90 Å². The van der Waals surface area contributed by atoms with Crippen LogP contribution in [0.3, 0.4) is 0 Å². The van der Waals surface area contributed by atoms with Gasteiger partial charge in [0.15, 0.2) is 0 Å². The van der Waals surface area contributed by atoms with Crippen molar-refractivity contribution in [1.82, 2.24) is 10.2 Å². The maximum absolute atomic E-state index is 12.6. The van der Waals surface area contributed by atoms with Gasteiger partial charge in [-0.3, -0.25) is 9.59 Å². The Kier molecular flexibility index (Phi) is 8.18. The molecule has 1 aliphatic carbocycles. The molecular formula is C16H30ClN3O2. The number of carbonyl (C=O) groups excluding carboxylic acids is 2. The molecule has 2 unspecified atom stereocenters. The zero-order valence-electron chi connectivity index (χ0n) is 13.6. The van der Waals surface area contributed by atoms with Gasteiger partial charge < -0.3 is 16.0 Å². The Morgan fingerprint density at radius 2 is 2.00 bits per heavy atom. The third-order valence-corrected chi connectivity index (χ3v) is 4.98. The van der Waals surface area contributed by atoms with Crippen LogP contribution in [0.4, 0.5) is 0 Å². The summed E-state index contributed by atoms with van der Waals surface area (Å²) in [5.41, 5.74) is 5.88. The Labute approximate surface area is 139 Å². The molecule has 128 valence electrons. The summed E-state index contributed by atoms with van der Waals surface area (Å²) in [5, 5.41) is 3.13. The number of amides is 2. The van der Waals surface area contributed by atoms with Crippen molar-refractivity contribution in [2.75, 3.05) is 13.1 Å². The molecule has 2 atom stereocenters. The summed E-state index contributed by atoms with van der Waals surface area (Å²) < 4.78 is 0. The van der Waals surface area contributed by atoms with Crippen molar-refractivity contribution in [3.05, 3.63) is 0 Å². The molecule has 2 rings (SSSR count). The van der Waals surface area contributed by atoms with Crippen molar-refractivity contribution in [3.8, 4) is 0 Å². The molecule has 6 heteroatoms. The Hall–Kier alpha value is -0.810. The highest BCUT2D eigenvalue weighted by Crippen LogP contribution is 2.26. The van der Waals surface area contributed by atoms with E-state index < -0.39 is 0 Å². The van der Waals surface area contributed by atoms with Crippen LogP contribution < -0.4 is 11.1 Å². The van der Waals surface area contributed by atoms with Gasteiger partial charge in [-0.1, -0.05) is 26.2 Å². The Balaban J connectivity index is 0.00000242. The molecule has 2 fully saturated rings. The highest BCUT2D eigenvalue weighted by Gasteiger charge is 2.33. The van der Waals surface area contributed by atoms with Gasteiger partial charge in [-0.2, -0.15) is 0 Å². The minimum atomic E-state index is -0.322. The van der Waals surface area contributed by atoms with E-state index in [1.807, 2.05) is 6.92 Å². The fourth-order valence-corrected chi connectivity index (χ4v) is 3.73. The Bertz CT molecular complexity index is 372. The highest BCUT2D eigenvalue weighted by molar-refractivity contribution is 5.88. The van der Waals surface area contributed by atoms with Gasteiger partial charge in [0, 0.05) is 25.6 Å². The molecule has 0 aromatic carbocycles. The van der Waals surface area contributed by atoms with Crippen LogP contribution in [-0.2, 0) is 9.59 Å². The molecule has 3 N–H and O–H groups in total. The molecule has 0 aromatic rings. The molecule has 0 aromatic heterocycles. The van der Waals surface area contributed by atoms with Gasteiger partial charge in [-0.05, 0) is 31.6 Å². The summed E-state index contributed by atoms with van der Waals surface area (Å²) in [5.74, 6) is 0.590. The zero-order chi connectivity index (χ0) is 15.2. The third-order valence-electron chi connectivity index (χ3n) is 4.98. The van der Waals surface area contributed by atoms with E-state index >= 15 is 0 Å². The van der Waals surface area contributed by atoms with Gasteiger partial charge in [0.2, 0.25) is 11.8 Å². The van der Waals surface area contributed by atoms with Crippen LogP contribution in [0.5, 0.6) is 0 Å². The number of likely N-dealkylation sites (tertiary alicyclic amines) is 1. The molecule has 0 radical (unpaired) electrons. The Morgan fingerprint density at radius 1 is 1.32 bits per heavy atom. The molecule has 1 saturated carbocycles. The van der Waals surface area contributed by atoms with E-state index in [4.69, 9.17) is 5.73 Å². The number of carbonyl (C=O) groups is 2. The first-order chi connectivity index (χ1) is 10.2. The van der Waals surface area contributed by atoms with Gasteiger partial charge in [-0.15, -0.1) is 12.4 Å². The molecule has 1 aliphatic heterocycles. The molecule has 22 heavy (non-hydrogen) atoms. The van der Waals surface area contributed by atoms with Crippen molar-refractivity contribution >= 4 is 24.2 Å². The summed E-state index contributed by atoms with van der Waals surface area (Å²) in [4.78, 5) is 26.2. The second-order valence-electron chi connectivity index (χ2n) is 6.36. The Morgan fingerprint density at radius 3 is 2.50 bits per heavy atom. The highest BCUT2D eigenvalue weighted by atomic mass is 35.5. The van der Waals surface area contributed by atoms with Crippen molar-refractivity contribution < 1.29 is 9.59 Å². The molecule has 0 spiro atoms. The van der Waals surface area contributed by atoms with Crippen LogP contribution >= 0.6 is 12.4 Å². The summed E-state index contributed by atoms with van der Waals surface area (Å²) in [6.45, 7) is 3.16. The monoisotopic (exact) mass is 331 g/mol. The van der Waals surface area contributed by atoms with Crippen LogP contribution in [0.15, 0.2) is 0 Å². The third kappa shape index (κ3) is 4.59. The minimum absolute atomic E-state index is 0. The second kappa shape index (κ2) is 9.36. The van der Waals surface area contributed by atoms with Gasteiger partial charge in [0.05, 0.1) is 0 Å². The van der Waals surface area contributed by atoms with E-state index in [0.29, 0.717) is 31.8 Å². The maximum atomic E-state index is 12.6. The van der Waals surface area contributed by atoms with E-state index in [9.17, 15) is 9.59 Å². The molecular weight excluding hydrogens is 302 g/mol. The normalized spacial score (nSPS) is 22.1. The first-order valence-electron chi connectivity index (χ1n) is 8.47. The van der Waals surface area contributed by atoms with Gasteiger partial charge >= 0.3 is 0 Å². The SMILES string of the molecule is CCC(C(=O)NC(CN)C1CCCCC1)N1CCCC1=O.Cl. The standard InChI is InChI=1S/C16H29N3O2.ClH/c1-2-14(19-10-6-9-15(19)20)16(21)18-13(11-17)12-7-4-3-5-8-12;/h12-14H,2-11,17H2,1H3,(H,18,21);1H. The van der Waals surface area contributed by atoms with E-state index in [1.165, 1.54) is 19.3 Å². The number of nitrogens with zero attached hydrogens (tertiary/aromatic N) is 1. The summed E-state index contributed by atoms with van der Waals surface area (Å²) in [7, 11) is 0. The number of hydrogen-bond donors (Lipinski definition) is 2. The molecule has 0 bridgehead atoms. The van der Waals surface area contributed by atoms with E-state index in [2.05, 4.69) is 5.32 Å². The molecule has 1 saturated heterocycles. The van der Waals surface area contributed by atoms with Gasteiger partial charge in [0.1, 0.15) is 6.04 Å². The van der Waals surface area contributed by atoms with Crippen molar-refractivity contribution in [3.63, 3.8) is 0 Å². The number of halogens is 1. The van der Waals surface area contributed by atoms with Crippen molar-refractivity contribution in [2.24, 2.45) is 11.7 Å². The summed E-state index contributed by atoms with van der Waals surface area (Å²) in [6, 6.07) is -0.262. The number of nitrogens with two attached hydrogens (primary N) is 1. The van der Waals surface area contributed by atoms with E-state index in [-0.39, 0.29) is 36.3 Å². The molecule has 5 nitrogen and oxygen atoms in total. The average Bonchev–Trinajstić information content (AvgIpc) is 2.92. The topological polar surface area (TPSA) is 75.4 Å². The van der Waals surface area contributed by atoms with Crippen LogP contribution in [0, 0.1) is 5.92 Å². The van der Waals surface area contributed by atoms with Gasteiger partial charge in [-0.25, -0.2) is 0 Å². The number of hydrogen-bond acceptors (Lipinski definition) is 3. The van der Waals surface area contributed by atoms with Crippen LogP contribution in [0.1, 0.15) is 58.3 Å². The number of rotatable bonds is 6. The van der Waals surface area contributed by atoms with Gasteiger partial charge in [0.25, 0.3) is 0 Å². The quantitative estimate of drug-likeness (QED) is 0.779. The lowest BCUT2D eigenvalue weighted by Crippen LogP contribution is -2.53.